The van der Waals surface area contributed by atoms with Gasteiger partial charge < -0.3 is 20.0 Å². The molecule has 6 nitrogen and oxygen atoms in total. The Morgan fingerprint density at radius 2 is 1.87 bits per heavy atom. The smallest absolute Gasteiger partial charge is 0.289 e. The summed E-state index contributed by atoms with van der Waals surface area (Å²) in [6.07, 6.45) is 0.739. The summed E-state index contributed by atoms with van der Waals surface area (Å²) in [4.78, 5) is 27.2. The van der Waals surface area contributed by atoms with Gasteiger partial charge in [-0.25, -0.2) is 0 Å². The molecule has 0 aromatic carbocycles. The van der Waals surface area contributed by atoms with Crippen LogP contribution in [0.2, 0.25) is 0 Å². The summed E-state index contributed by atoms with van der Waals surface area (Å²) in [5.74, 6) is 0.126. The van der Waals surface area contributed by atoms with E-state index in [1.165, 1.54) is 4.90 Å². The van der Waals surface area contributed by atoms with E-state index in [1.807, 2.05) is 0 Å². The van der Waals surface area contributed by atoms with Gasteiger partial charge in [0.1, 0.15) is 0 Å². The second kappa shape index (κ2) is 9.95. The fourth-order valence-electron chi connectivity index (χ4n) is 1.81. The molecule has 1 heterocycles. The van der Waals surface area contributed by atoms with Gasteiger partial charge in [0, 0.05) is 26.7 Å². The number of nitrogens with two attached hydrogens (primary N) is 1. The zero-order chi connectivity index (χ0) is 16.9. The number of rotatable bonds is 7. The maximum atomic E-state index is 12.1. The largest absolute Gasteiger partial charge is 0.444 e. The fourth-order valence-corrected chi connectivity index (χ4v) is 2.12. The second-order valence-electron chi connectivity index (χ2n) is 5.78. The molecule has 2 N–H and O–H groups in total. The van der Waals surface area contributed by atoms with Crippen molar-refractivity contribution in [2.24, 2.45) is 11.7 Å². The van der Waals surface area contributed by atoms with Gasteiger partial charge in [0.25, 0.3) is 5.91 Å². The SMILES string of the molecule is CC(C)C(N)CCN(C)C(=O)CN(C)C(=O)c1ccc(Br)o1.Cl. The van der Waals surface area contributed by atoms with Gasteiger partial charge in [0.15, 0.2) is 10.4 Å². The zero-order valence-corrected chi connectivity index (χ0v) is 16.3. The topological polar surface area (TPSA) is 79.8 Å². The third kappa shape index (κ3) is 6.93. The van der Waals surface area contributed by atoms with Crippen LogP contribution in [-0.2, 0) is 4.79 Å². The van der Waals surface area contributed by atoms with Gasteiger partial charge in [-0.2, -0.15) is 0 Å². The third-order valence-corrected chi connectivity index (χ3v) is 4.01. The van der Waals surface area contributed by atoms with Crippen LogP contribution in [0.4, 0.5) is 0 Å². The summed E-state index contributed by atoms with van der Waals surface area (Å²) in [5.41, 5.74) is 5.97. The van der Waals surface area contributed by atoms with Crippen molar-refractivity contribution < 1.29 is 14.0 Å². The predicted molar refractivity (Wildman–Crippen MR) is 95.7 cm³/mol. The highest BCUT2D eigenvalue weighted by Crippen LogP contribution is 2.15. The summed E-state index contributed by atoms with van der Waals surface area (Å²) in [5, 5.41) is 0. The highest BCUT2D eigenvalue weighted by molar-refractivity contribution is 9.10. The molecule has 0 bridgehead atoms. The van der Waals surface area contributed by atoms with E-state index < -0.39 is 0 Å². The molecule has 1 unspecified atom stereocenters. The maximum absolute atomic E-state index is 12.1. The number of carbonyl (C=O) groups excluding carboxylic acids is 2. The van der Waals surface area contributed by atoms with Crippen LogP contribution in [0.15, 0.2) is 21.2 Å². The molecule has 132 valence electrons. The lowest BCUT2D eigenvalue weighted by atomic mass is 10.0. The molecule has 0 saturated carbocycles. The third-order valence-electron chi connectivity index (χ3n) is 3.58. The molecular formula is C15H25BrClN3O3. The standard InChI is InChI=1S/C15H24BrN3O3.ClH/c1-10(2)11(17)7-8-18(3)14(20)9-19(4)15(21)12-5-6-13(16)22-12;/h5-6,10-11H,7-9,17H2,1-4H3;1H. The van der Waals surface area contributed by atoms with Crippen LogP contribution in [0, 0.1) is 5.92 Å². The summed E-state index contributed by atoms with van der Waals surface area (Å²) in [6, 6.07) is 3.27. The van der Waals surface area contributed by atoms with Crippen molar-refractivity contribution in [3.8, 4) is 0 Å². The number of nitrogens with zero attached hydrogens (tertiary/aromatic N) is 2. The Morgan fingerprint density at radius 3 is 2.35 bits per heavy atom. The lowest BCUT2D eigenvalue weighted by Crippen LogP contribution is -2.41. The van der Waals surface area contributed by atoms with Gasteiger partial charge in [0.2, 0.25) is 5.91 Å². The Bertz CT molecular complexity index is 522. The number of likely N-dealkylation sites (N-methyl/N-ethyl adjacent to an activating group) is 2. The van der Waals surface area contributed by atoms with E-state index in [-0.39, 0.29) is 42.6 Å². The van der Waals surface area contributed by atoms with Crippen molar-refractivity contribution in [3.63, 3.8) is 0 Å². The van der Waals surface area contributed by atoms with E-state index in [4.69, 9.17) is 10.2 Å². The first-order chi connectivity index (χ1) is 10.2. The Hall–Kier alpha value is -1.05. The van der Waals surface area contributed by atoms with Gasteiger partial charge in [0.05, 0.1) is 6.54 Å². The average molecular weight is 411 g/mol. The molecule has 1 rings (SSSR count). The summed E-state index contributed by atoms with van der Waals surface area (Å²) in [6.45, 7) is 4.69. The lowest BCUT2D eigenvalue weighted by molar-refractivity contribution is -0.130. The molecular weight excluding hydrogens is 386 g/mol. The number of hydrogen-bond donors (Lipinski definition) is 1. The molecule has 0 aliphatic rings. The summed E-state index contributed by atoms with van der Waals surface area (Å²) < 4.78 is 5.68. The van der Waals surface area contributed by atoms with Crippen molar-refractivity contribution in [1.82, 2.24) is 9.80 Å². The minimum absolute atomic E-state index is 0. The number of carbonyl (C=O) groups is 2. The number of furan rings is 1. The quantitative estimate of drug-likeness (QED) is 0.748. The van der Waals surface area contributed by atoms with Crippen LogP contribution in [0.25, 0.3) is 0 Å². The van der Waals surface area contributed by atoms with E-state index in [0.717, 1.165) is 6.42 Å². The number of amides is 2. The Balaban J connectivity index is 0.00000484. The minimum atomic E-state index is -0.327. The minimum Gasteiger partial charge on any atom is -0.444 e. The molecule has 1 atom stereocenters. The first kappa shape index (κ1) is 21.9. The molecule has 0 fully saturated rings. The maximum Gasteiger partial charge on any atom is 0.289 e. The van der Waals surface area contributed by atoms with Crippen LogP contribution in [0.1, 0.15) is 30.8 Å². The van der Waals surface area contributed by atoms with Crippen molar-refractivity contribution in [1.29, 1.82) is 0 Å². The van der Waals surface area contributed by atoms with Crippen LogP contribution in [0.5, 0.6) is 0 Å². The van der Waals surface area contributed by atoms with Gasteiger partial charge in [-0.3, -0.25) is 9.59 Å². The molecule has 8 heteroatoms. The molecule has 0 saturated heterocycles. The summed E-state index contributed by atoms with van der Waals surface area (Å²) >= 11 is 3.14. The van der Waals surface area contributed by atoms with Crippen molar-refractivity contribution >= 4 is 40.2 Å². The Morgan fingerprint density at radius 1 is 1.26 bits per heavy atom. The van der Waals surface area contributed by atoms with Crippen molar-refractivity contribution in [2.75, 3.05) is 27.2 Å². The molecule has 0 aliphatic heterocycles. The van der Waals surface area contributed by atoms with E-state index in [0.29, 0.717) is 17.1 Å². The van der Waals surface area contributed by atoms with Crippen LogP contribution in [0.3, 0.4) is 0 Å². The Labute approximate surface area is 151 Å². The average Bonchev–Trinajstić information content (AvgIpc) is 2.89. The lowest BCUT2D eigenvalue weighted by Gasteiger charge is -2.24. The number of hydrogen-bond acceptors (Lipinski definition) is 4. The van der Waals surface area contributed by atoms with Crippen LogP contribution in [-0.4, -0.2) is 54.8 Å². The van der Waals surface area contributed by atoms with Crippen molar-refractivity contribution in [3.05, 3.63) is 22.6 Å². The predicted octanol–water partition coefficient (Wildman–Crippen LogP) is 2.37. The molecule has 0 aliphatic carbocycles. The van der Waals surface area contributed by atoms with Crippen molar-refractivity contribution in [2.45, 2.75) is 26.3 Å². The highest BCUT2D eigenvalue weighted by Gasteiger charge is 2.20. The highest BCUT2D eigenvalue weighted by atomic mass is 79.9. The molecule has 23 heavy (non-hydrogen) atoms. The first-order valence-corrected chi connectivity index (χ1v) is 8.02. The van der Waals surface area contributed by atoms with Gasteiger partial charge in [-0.05, 0) is 40.4 Å². The molecule has 0 spiro atoms. The Kier molecular flexibility index (Phi) is 9.49. The van der Waals surface area contributed by atoms with E-state index in [2.05, 4.69) is 29.8 Å². The monoisotopic (exact) mass is 409 g/mol. The fraction of sp³-hybridized carbons (Fsp3) is 0.600. The van der Waals surface area contributed by atoms with Gasteiger partial charge in [-0.15, -0.1) is 12.4 Å². The molecule has 2 amide bonds. The van der Waals surface area contributed by atoms with Gasteiger partial charge in [-0.1, -0.05) is 13.8 Å². The zero-order valence-electron chi connectivity index (χ0n) is 13.9. The first-order valence-electron chi connectivity index (χ1n) is 7.22. The van der Waals surface area contributed by atoms with E-state index in [1.54, 1.807) is 31.1 Å². The van der Waals surface area contributed by atoms with Crippen LogP contribution >= 0.6 is 28.3 Å². The van der Waals surface area contributed by atoms with Crippen LogP contribution < -0.4 is 5.73 Å². The van der Waals surface area contributed by atoms with E-state index >= 15 is 0 Å². The normalized spacial score (nSPS) is 11.8. The number of halogens is 2. The van der Waals surface area contributed by atoms with E-state index in [9.17, 15) is 9.59 Å². The van der Waals surface area contributed by atoms with Gasteiger partial charge >= 0.3 is 0 Å². The molecule has 1 aromatic heterocycles. The molecule has 0 radical (unpaired) electrons. The summed E-state index contributed by atoms with van der Waals surface area (Å²) in [7, 11) is 3.29. The second-order valence-corrected chi connectivity index (χ2v) is 6.56. The molecule has 1 aromatic rings.